The predicted octanol–water partition coefficient (Wildman–Crippen LogP) is 8.45. The molecule has 2 fully saturated rings. The molecule has 2 aliphatic rings. The van der Waals surface area contributed by atoms with Crippen LogP contribution in [0.2, 0.25) is 0 Å². The largest absolute Gasteiger partial charge is 0.513 e. The van der Waals surface area contributed by atoms with Crippen LogP contribution < -0.4 is 0 Å². The van der Waals surface area contributed by atoms with Crippen LogP contribution in [0.1, 0.15) is 115 Å². The quantitative estimate of drug-likeness (QED) is 0.370. The van der Waals surface area contributed by atoms with Crippen LogP contribution in [0.5, 0.6) is 0 Å². The van der Waals surface area contributed by atoms with E-state index in [0.717, 1.165) is 18.3 Å². The molecule has 0 bridgehead atoms. The van der Waals surface area contributed by atoms with Crippen LogP contribution in [0.3, 0.4) is 0 Å². The molecule has 1 N–H and O–H groups in total. The Morgan fingerprint density at radius 3 is 2.25 bits per heavy atom. The summed E-state index contributed by atoms with van der Waals surface area (Å²) in [7, 11) is 0. The highest BCUT2D eigenvalue weighted by Crippen LogP contribution is 2.42. The van der Waals surface area contributed by atoms with Gasteiger partial charge in [0.2, 0.25) is 0 Å². The summed E-state index contributed by atoms with van der Waals surface area (Å²) < 4.78 is 0. The molecule has 0 radical (unpaired) electrons. The Bertz CT molecular complexity index is 685. The Kier molecular flexibility index (Phi) is 9.71. The van der Waals surface area contributed by atoms with Crippen molar-refractivity contribution < 1.29 is 5.11 Å². The first-order valence-corrected chi connectivity index (χ1v) is 13.5. The molecule has 2 heteroatoms. The van der Waals surface area contributed by atoms with E-state index >= 15 is 0 Å². The third-order valence-corrected chi connectivity index (χ3v) is 8.16. The average molecular weight is 440 g/mol. The lowest BCUT2D eigenvalue weighted by molar-refractivity contribution is 0.0832. The van der Waals surface area contributed by atoms with Crippen molar-refractivity contribution in [2.45, 2.75) is 110 Å². The number of aliphatic hydroxyl groups is 1. The number of rotatable bonds is 10. The van der Waals surface area contributed by atoms with Gasteiger partial charge in [-0.2, -0.15) is 0 Å². The van der Waals surface area contributed by atoms with Crippen molar-refractivity contribution in [3.05, 3.63) is 47.7 Å². The SMILES string of the molecule is C=C(O)C[C@@H]1CC[C@@H](N(CCC(C)C)CC2CCCCC2)[C@H](c2ccc(C(C)C)cc2)C1. The van der Waals surface area contributed by atoms with Crippen LogP contribution in [0.4, 0.5) is 0 Å². The summed E-state index contributed by atoms with van der Waals surface area (Å²) in [5.74, 6) is 3.69. The van der Waals surface area contributed by atoms with E-state index in [1.807, 2.05) is 0 Å². The molecule has 3 atom stereocenters. The van der Waals surface area contributed by atoms with Gasteiger partial charge in [-0.15, -0.1) is 0 Å². The Morgan fingerprint density at radius 1 is 0.969 bits per heavy atom. The van der Waals surface area contributed by atoms with Crippen LogP contribution in [0, 0.1) is 17.8 Å². The molecule has 0 amide bonds. The second-order valence-corrected chi connectivity index (χ2v) is 11.6. The van der Waals surface area contributed by atoms with E-state index in [1.165, 1.54) is 82.0 Å². The van der Waals surface area contributed by atoms with Gasteiger partial charge in [-0.05, 0) is 85.8 Å². The minimum Gasteiger partial charge on any atom is -0.513 e. The van der Waals surface area contributed by atoms with Crippen molar-refractivity contribution in [2.75, 3.05) is 13.1 Å². The maximum absolute atomic E-state index is 9.89. The minimum atomic E-state index is 0.362. The average Bonchev–Trinajstić information content (AvgIpc) is 2.77. The Balaban J connectivity index is 1.83. The molecule has 2 aliphatic carbocycles. The van der Waals surface area contributed by atoms with Crippen molar-refractivity contribution in [3.8, 4) is 0 Å². The maximum atomic E-state index is 9.89. The number of nitrogens with zero attached hydrogens (tertiary/aromatic N) is 1. The molecule has 180 valence electrons. The first-order chi connectivity index (χ1) is 15.3. The monoisotopic (exact) mass is 439 g/mol. The molecule has 0 spiro atoms. The molecule has 32 heavy (non-hydrogen) atoms. The van der Waals surface area contributed by atoms with E-state index in [4.69, 9.17) is 0 Å². The molecular formula is C30H49NO. The molecule has 1 aromatic carbocycles. The van der Waals surface area contributed by atoms with E-state index in [-0.39, 0.29) is 0 Å². The highest BCUT2D eigenvalue weighted by atomic mass is 16.3. The zero-order valence-electron chi connectivity index (χ0n) is 21.4. The fourth-order valence-electron chi connectivity index (χ4n) is 6.20. The van der Waals surface area contributed by atoms with Crippen molar-refractivity contribution in [3.63, 3.8) is 0 Å². The summed E-state index contributed by atoms with van der Waals surface area (Å²) in [6, 6.07) is 10.1. The summed E-state index contributed by atoms with van der Waals surface area (Å²) >= 11 is 0. The van der Waals surface area contributed by atoms with Gasteiger partial charge in [-0.1, -0.05) is 77.8 Å². The molecule has 2 saturated carbocycles. The summed E-state index contributed by atoms with van der Waals surface area (Å²) in [6.45, 7) is 15.6. The van der Waals surface area contributed by atoms with Crippen LogP contribution in [0.25, 0.3) is 0 Å². The van der Waals surface area contributed by atoms with Crippen molar-refractivity contribution in [2.24, 2.45) is 17.8 Å². The van der Waals surface area contributed by atoms with Crippen molar-refractivity contribution in [1.29, 1.82) is 0 Å². The third-order valence-electron chi connectivity index (χ3n) is 8.16. The smallest absolute Gasteiger partial charge is 0.0853 e. The van der Waals surface area contributed by atoms with E-state index in [0.29, 0.717) is 29.6 Å². The molecular weight excluding hydrogens is 390 g/mol. The first-order valence-electron chi connectivity index (χ1n) is 13.5. The number of benzene rings is 1. The lowest BCUT2D eigenvalue weighted by Crippen LogP contribution is -2.46. The van der Waals surface area contributed by atoms with Gasteiger partial charge in [-0.3, -0.25) is 4.90 Å². The lowest BCUT2D eigenvalue weighted by atomic mass is 9.72. The molecule has 0 saturated heterocycles. The zero-order valence-corrected chi connectivity index (χ0v) is 21.4. The number of allylic oxidation sites excluding steroid dienone is 1. The number of aliphatic hydroxyl groups excluding tert-OH is 1. The van der Waals surface area contributed by atoms with Crippen LogP contribution in [-0.4, -0.2) is 29.1 Å². The van der Waals surface area contributed by atoms with Crippen molar-refractivity contribution >= 4 is 0 Å². The molecule has 0 unspecified atom stereocenters. The second-order valence-electron chi connectivity index (χ2n) is 11.6. The molecule has 3 rings (SSSR count). The highest BCUT2D eigenvalue weighted by molar-refractivity contribution is 5.29. The summed E-state index contributed by atoms with van der Waals surface area (Å²) in [6.07, 6.45) is 12.8. The van der Waals surface area contributed by atoms with Gasteiger partial charge in [0.1, 0.15) is 0 Å². The lowest BCUT2D eigenvalue weighted by Gasteiger charge is -2.45. The minimum absolute atomic E-state index is 0.362. The molecule has 0 heterocycles. The normalized spacial score (nSPS) is 25.0. The Morgan fingerprint density at radius 2 is 1.66 bits per heavy atom. The van der Waals surface area contributed by atoms with E-state index in [9.17, 15) is 5.11 Å². The molecule has 2 nitrogen and oxygen atoms in total. The fraction of sp³-hybridized carbons (Fsp3) is 0.733. The van der Waals surface area contributed by atoms with Crippen LogP contribution in [0.15, 0.2) is 36.6 Å². The van der Waals surface area contributed by atoms with E-state index in [2.05, 4.69) is 63.4 Å². The third kappa shape index (κ3) is 7.37. The van der Waals surface area contributed by atoms with Gasteiger partial charge >= 0.3 is 0 Å². The standard InChI is InChI=1S/C30H49NO/c1-22(2)17-18-31(21-25-9-7-6-8-10-25)30-16-11-26(19-24(5)32)20-29(30)28-14-12-27(13-15-28)23(3)4/h12-15,22-23,25-26,29-30,32H,5-11,16-21H2,1-4H3/t26-,29-,30+/m0/s1. The van der Waals surface area contributed by atoms with Gasteiger partial charge in [0.15, 0.2) is 0 Å². The van der Waals surface area contributed by atoms with Crippen LogP contribution in [-0.2, 0) is 0 Å². The maximum Gasteiger partial charge on any atom is 0.0853 e. The fourth-order valence-corrected chi connectivity index (χ4v) is 6.20. The Hall–Kier alpha value is -1.28. The first kappa shape index (κ1) is 25.3. The second kappa shape index (κ2) is 12.3. The van der Waals surface area contributed by atoms with Crippen LogP contribution >= 0.6 is 0 Å². The topological polar surface area (TPSA) is 23.5 Å². The van der Waals surface area contributed by atoms with Gasteiger partial charge in [0.25, 0.3) is 0 Å². The zero-order chi connectivity index (χ0) is 23.1. The van der Waals surface area contributed by atoms with Gasteiger partial charge in [0, 0.05) is 19.0 Å². The molecule has 1 aromatic rings. The summed E-state index contributed by atoms with van der Waals surface area (Å²) in [5.41, 5.74) is 2.94. The predicted molar refractivity (Wildman–Crippen MR) is 138 cm³/mol. The summed E-state index contributed by atoms with van der Waals surface area (Å²) in [4.78, 5) is 2.90. The van der Waals surface area contributed by atoms with Gasteiger partial charge < -0.3 is 5.11 Å². The number of hydrogen-bond donors (Lipinski definition) is 1. The molecule has 0 aromatic heterocycles. The van der Waals surface area contributed by atoms with E-state index < -0.39 is 0 Å². The van der Waals surface area contributed by atoms with Gasteiger partial charge in [-0.25, -0.2) is 0 Å². The summed E-state index contributed by atoms with van der Waals surface area (Å²) in [5, 5.41) is 9.89. The van der Waals surface area contributed by atoms with Gasteiger partial charge in [0.05, 0.1) is 5.76 Å². The Labute approximate surface area is 198 Å². The highest BCUT2D eigenvalue weighted by Gasteiger charge is 2.36. The van der Waals surface area contributed by atoms with E-state index in [1.54, 1.807) is 0 Å². The molecule has 0 aliphatic heterocycles. The van der Waals surface area contributed by atoms with Crippen molar-refractivity contribution in [1.82, 2.24) is 4.90 Å². The number of hydrogen-bond acceptors (Lipinski definition) is 2.